The number of Topliss-reactive ketones (excluding diaryl/α,β-unsaturated/α-hetero) is 1. The Morgan fingerprint density at radius 2 is 1.65 bits per heavy atom. The van der Waals surface area contributed by atoms with Crippen LogP contribution in [-0.2, 0) is 0 Å². The highest BCUT2D eigenvalue weighted by Crippen LogP contribution is 2.17. The molecule has 1 aromatic rings. The molecule has 2 atom stereocenters. The van der Waals surface area contributed by atoms with E-state index in [9.17, 15) is 4.79 Å². The van der Waals surface area contributed by atoms with E-state index in [4.69, 9.17) is 10.5 Å². The molecule has 0 radical (unpaired) electrons. The number of carbonyl (C=O) groups excluding carboxylic acids is 1. The van der Waals surface area contributed by atoms with Crippen LogP contribution in [0.5, 0.6) is 5.75 Å². The van der Waals surface area contributed by atoms with Crippen LogP contribution in [0.2, 0.25) is 0 Å². The van der Waals surface area contributed by atoms with Crippen molar-refractivity contribution in [1.82, 2.24) is 0 Å². The van der Waals surface area contributed by atoms with Crippen LogP contribution in [0.15, 0.2) is 24.3 Å². The third-order valence-corrected chi connectivity index (χ3v) is 2.71. The van der Waals surface area contributed by atoms with Crippen molar-refractivity contribution in [2.75, 3.05) is 0 Å². The summed E-state index contributed by atoms with van der Waals surface area (Å²) >= 11 is 0. The lowest BCUT2D eigenvalue weighted by Gasteiger charge is -2.15. The fourth-order valence-electron chi connectivity index (χ4n) is 1.47. The molecule has 0 amide bonds. The van der Waals surface area contributed by atoms with E-state index in [0.717, 1.165) is 5.75 Å². The normalized spacial score (nSPS) is 14.5. The Morgan fingerprint density at radius 1 is 1.12 bits per heavy atom. The Morgan fingerprint density at radius 3 is 2.06 bits per heavy atom. The Bertz CT molecular complexity index is 368. The van der Waals surface area contributed by atoms with Gasteiger partial charge in [0.05, 0.1) is 6.10 Å². The van der Waals surface area contributed by atoms with Gasteiger partial charge in [-0.3, -0.25) is 4.79 Å². The summed E-state index contributed by atoms with van der Waals surface area (Å²) in [6, 6.07) is 7.09. The summed E-state index contributed by atoms with van der Waals surface area (Å²) in [5, 5.41) is 0. The van der Waals surface area contributed by atoms with Gasteiger partial charge in [0, 0.05) is 17.5 Å². The number of rotatable bonds is 5. The lowest BCUT2D eigenvalue weighted by Crippen LogP contribution is -2.30. The minimum atomic E-state index is -0.160. The molecule has 3 nitrogen and oxygen atoms in total. The second-order valence-corrected chi connectivity index (χ2v) is 4.70. The molecule has 2 N–H and O–H groups in total. The molecule has 94 valence electrons. The first kappa shape index (κ1) is 13.7. The van der Waals surface area contributed by atoms with Gasteiger partial charge >= 0.3 is 0 Å². The van der Waals surface area contributed by atoms with E-state index in [1.54, 1.807) is 12.1 Å². The van der Waals surface area contributed by atoms with Crippen LogP contribution in [0.1, 0.15) is 38.1 Å². The van der Waals surface area contributed by atoms with E-state index >= 15 is 0 Å². The van der Waals surface area contributed by atoms with Crippen molar-refractivity contribution in [3.63, 3.8) is 0 Å². The molecule has 1 rings (SSSR count). The zero-order chi connectivity index (χ0) is 13.0. The lowest BCUT2D eigenvalue weighted by atomic mass is 9.94. The molecule has 0 heterocycles. The number of hydrogen-bond donors (Lipinski definition) is 1. The van der Waals surface area contributed by atoms with Crippen molar-refractivity contribution in [3.8, 4) is 5.75 Å². The monoisotopic (exact) mass is 235 g/mol. The van der Waals surface area contributed by atoms with Gasteiger partial charge in [0.15, 0.2) is 5.78 Å². The van der Waals surface area contributed by atoms with E-state index in [1.807, 2.05) is 39.8 Å². The van der Waals surface area contributed by atoms with Gasteiger partial charge in [-0.05, 0) is 45.0 Å². The van der Waals surface area contributed by atoms with Crippen molar-refractivity contribution in [3.05, 3.63) is 29.8 Å². The van der Waals surface area contributed by atoms with Gasteiger partial charge in [0.2, 0.25) is 0 Å². The van der Waals surface area contributed by atoms with Crippen LogP contribution in [0.3, 0.4) is 0 Å². The standard InChI is InChI=1S/C14H21NO2/c1-9(2)17-13-7-5-12(6-8-13)14(16)10(3)11(4)15/h5-11H,15H2,1-4H3. The zero-order valence-corrected chi connectivity index (χ0v) is 10.9. The maximum Gasteiger partial charge on any atom is 0.167 e. The highest BCUT2D eigenvalue weighted by atomic mass is 16.5. The van der Waals surface area contributed by atoms with Crippen LogP contribution in [0.4, 0.5) is 0 Å². The van der Waals surface area contributed by atoms with Crippen LogP contribution in [-0.4, -0.2) is 17.9 Å². The number of ether oxygens (including phenoxy) is 1. The molecule has 0 aliphatic carbocycles. The number of carbonyl (C=O) groups is 1. The Hall–Kier alpha value is -1.35. The van der Waals surface area contributed by atoms with Gasteiger partial charge in [-0.15, -0.1) is 0 Å². The molecular weight excluding hydrogens is 214 g/mol. The minimum absolute atomic E-state index is 0.0797. The van der Waals surface area contributed by atoms with E-state index in [0.29, 0.717) is 5.56 Å². The Labute approximate surface area is 103 Å². The van der Waals surface area contributed by atoms with Crippen LogP contribution < -0.4 is 10.5 Å². The fourth-order valence-corrected chi connectivity index (χ4v) is 1.47. The lowest BCUT2D eigenvalue weighted by molar-refractivity contribution is 0.0917. The molecule has 17 heavy (non-hydrogen) atoms. The summed E-state index contributed by atoms with van der Waals surface area (Å²) in [7, 11) is 0. The quantitative estimate of drug-likeness (QED) is 0.798. The predicted octanol–water partition coefficient (Wildman–Crippen LogP) is 2.64. The summed E-state index contributed by atoms with van der Waals surface area (Å²) in [6.45, 7) is 7.64. The third-order valence-electron chi connectivity index (χ3n) is 2.71. The van der Waals surface area contributed by atoms with E-state index < -0.39 is 0 Å². The molecule has 0 saturated heterocycles. The van der Waals surface area contributed by atoms with E-state index in [2.05, 4.69) is 0 Å². The van der Waals surface area contributed by atoms with Gasteiger partial charge in [-0.1, -0.05) is 6.92 Å². The molecule has 0 aliphatic rings. The molecule has 0 fully saturated rings. The van der Waals surface area contributed by atoms with Gasteiger partial charge < -0.3 is 10.5 Å². The number of hydrogen-bond acceptors (Lipinski definition) is 3. The Kier molecular flexibility index (Phi) is 4.70. The largest absolute Gasteiger partial charge is 0.491 e. The van der Waals surface area contributed by atoms with E-state index in [-0.39, 0.29) is 23.8 Å². The average Bonchev–Trinajstić information content (AvgIpc) is 2.27. The molecule has 0 bridgehead atoms. The molecule has 0 aromatic heterocycles. The molecule has 3 heteroatoms. The summed E-state index contributed by atoms with van der Waals surface area (Å²) < 4.78 is 5.52. The van der Waals surface area contributed by atoms with Crippen LogP contribution in [0.25, 0.3) is 0 Å². The zero-order valence-electron chi connectivity index (χ0n) is 10.9. The first-order valence-electron chi connectivity index (χ1n) is 5.98. The molecule has 0 saturated carbocycles. The minimum Gasteiger partial charge on any atom is -0.491 e. The average molecular weight is 235 g/mol. The van der Waals surface area contributed by atoms with Gasteiger partial charge in [-0.25, -0.2) is 0 Å². The van der Waals surface area contributed by atoms with Crippen molar-refractivity contribution >= 4 is 5.78 Å². The fraction of sp³-hybridized carbons (Fsp3) is 0.500. The molecule has 1 aromatic carbocycles. The maximum atomic E-state index is 12.0. The second kappa shape index (κ2) is 5.82. The van der Waals surface area contributed by atoms with Gasteiger partial charge in [0.1, 0.15) is 5.75 Å². The summed E-state index contributed by atoms with van der Waals surface area (Å²) in [4.78, 5) is 12.0. The highest BCUT2D eigenvalue weighted by molar-refractivity contribution is 5.98. The first-order chi connectivity index (χ1) is 7.91. The summed E-state index contributed by atoms with van der Waals surface area (Å²) in [5.41, 5.74) is 6.41. The topological polar surface area (TPSA) is 52.3 Å². The Balaban J connectivity index is 2.77. The summed E-state index contributed by atoms with van der Waals surface area (Å²) in [5.74, 6) is 0.702. The third kappa shape index (κ3) is 3.86. The smallest absolute Gasteiger partial charge is 0.167 e. The summed E-state index contributed by atoms with van der Waals surface area (Å²) in [6.07, 6.45) is 0.138. The molecule has 0 aliphatic heterocycles. The number of ketones is 1. The van der Waals surface area contributed by atoms with Crippen molar-refractivity contribution in [2.45, 2.75) is 39.8 Å². The van der Waals surface area contributed by atoms with E-state index in [1.165, 1.54) is 0 Å². The van der Waals surface area contributed by atoms with Gasteiger partial charge in [0.25, 0.3) is 0 Å². The molecular formula is C14H21NO2. The molecule has 0 spiro atoms. The predicted molar refractivity (Wildman–Crippen MR) is 69.3 cm³/mol. The number of nitrogens with two attached hydrogens (primary N) is 1. The SMILES string of the molecule is CC(C)Oc1ccc(C(=O)C(C)C(C)N)cc1. The first-order valence-corrected chi connectivity index (χ1v) is 5.98. The van der Waals surface area contributed by atoms with Crippen LogP contribution >= 0.6 is 0 Å². The van der Waals surface area contributed by atoms with Crippen molar-refractivity contribution in [2.24, 2.45) is 11.7 Å². The van der Waals surface area contributed by atoms with Crippen molar-refractivity contribution < 1.29 is 9.53 Å². The van der Waals surface area contributed by atoms with Crippen molar-refractivity contribution in [1.29, 1.82) is 0 Å². The highest BCUT2D eigenvalue weighted by Gasteiger charge is 2.18. The van der Waals surface area contributed by atoms with Crippen LogP contribution in [0, 0.1) is 5.92 Å². The van der Waals surface area contributed by atoms with Gasteiger partial charge in [-0.2, -0.15) is 0 Å². The second-order valence-electron chi connectivity index (χ2n) is 4.70. The maximum absolute atomic E-state index is 12.0. The molecule has 2 unspecified atom stereocenters. The number of benzene rings is 1.